The van der Waals surface area contributed by atoms with Crippen LogP contribution < -0.4 is 5.32 Å². The van der Waals surface area contributed by atoms with Crippen molar-refractivity contribution in [3.05, 3.63) is 59.5 Å². The Hall–Kier alpha value is -3.13. The standard InChI is InChI=1S/C19H16FN5OS/c1-11(2)25-18-14(10-22-25)13(8-15(23-18)16-4-3-7-27-16)19(26)24-17-6-5-12(20)9-21-17/h3-11H,1-2H3,(H,21,24,26). The molecule has 4 rings (SSSR count). The third-order valence-electron chi connectivity index (χ3n) is 4.04. The number of pyridine rings is 2. The summed E-state index contributed by atoms with van der Waals surface area (Å²) in [6, 6.07) is 8.41. The largest absolute Gasteiger partial charge is 0.307 e. The Bertz CT molecular complexity index is 1100. The molecule has 1 amide bonds. The topological polar surface area (TPSA) is 72.7 Å². The molecule has 0 aliphatic carbocycles. The number of halogens is 1. The van der Waals surface area contributed by atoms with Crippen LogP contribution in [0.5, 0.6) is 0 Å². The fourth-order valence-corrected chi connectivity index (χ4v) is 3.45. The quantitative estimate of drug-likeness (QED) is 0.564. The zero-order chi connectivity index (χ0) is 19.0. The van der Waals surface area contributed by atoms with Crippen LogP contribution in [0.1, 0.15) is 30.2 Å². The van der Waals surface area contributed by atoms with Gasteiger partial charge in [0.05, 0.1) is 33.9 Å². The molecule has 8 heteroatoms. The molecule has 0 unspecified atom stereocenters. The van der Waals surface area contributed by atoms with Gasteiger partial charge >= 0.3 is 0 Å². The molecule has 0 fully saturated rings. The summed E-state index contributed by atoms with van der Waals surface area (Å²) in [7, 11) is 0. The molecule has 0 aliphatic rings. The molecule has 0 spiro atoms. The van der Waals surface area contributed by atoms with Crippen molar-refractivity contribution in [1.29, 1.82) is 0 Å². The van der Waals surface area contributed by atoms with Gasteiger partial charge in [0.15, 0.2) is 5.65 Å². The molecule has 1 N–H and O–H groups in total. The van der Waals surface area contributed by atoms with Crippen molar-refractivity contribution < 1.29 is 9.18 Å². The van der Waals surface area contributed by atoms with E-state index in [9.17, 15) is 9.18 Å². The number of nitrogens with one attached hydrogen (secondary N) is 1. The molecular formula is C19H16FN5OS. The van der Waals surface area contributed by atoms with Crippen LogP contribution in [-0.4, -0.2) is 25.7 Å². The number of nitrogens with zero attached hydrogens (tertiary/aromatic N) is 4. The van der Waals surface area contributed by atoms with Gasteiger partial charge in [0.25, 0.3) is 5.91 Å². The van der Waals surface area contributed by atoms with E-state index in [1.165, 1.54) is 12.1 Å². The maximum absolute atomic E-state index is 13.1. The molecule has 6 nitrogen and oxygen atoms in total. The fraction of sp³-hybridized carbons (Fsp3) is 0.158. The Morgan fingerprint density at radius 2 is 2.11 bits per heavy atom. The van der Waals surface area contributed by atoms with Crippen LogP contribution in [0.3, 0.4) is 0 Å². The summed E-state index contributed by atoms with van der Waals surface area (Å²) in [6.45, 7) is 4.02. The van der Waals surface area contributed by atoms with Crippen molar-refractivity contribution in [3.8, 4) is 10.6 Å². The number of fused-ring (bicyclic) bond motifs is 1. The summed E-state index contributed by atoms with van der Waals surface area (Å²) >= 11 is 1.55. The van der Waals surface area contributed by atoms with Crippen molar-refractivity contribution in [3.63, 3.8) is 0 Å². The van der Waals surface area contributed by atoms with E-state index in [0.717, 1.165) is 11.1 Å². The Morgan fingerprint density at radius 1 is 1.26 bits per heavy atom. The smallest absolute Gasteiger partial charge is 0.257 e. The van der Waals surface area contributed by atoms with Crippen LogP contribution in [0, 0.1) is 5.82 Å². The number of carbonyl (C=O) groups excluding carboxylic acids is 1. The highest BCUT2D eigenvalue weighted by Crippen LogP contribution is 2.29. The van der Waals surface area contributed by atoms with E-state index in [1.807, 2.05) is 31.4 Å². The lowest BCUT2D eigenvalue weighted by atomic mass is 10.1. The fourth-order valence-electron chi connectivity index (χ4n) is 2.77. The Morgan fingerprint density at radius 3 is 2.78 bits per heavy atom. The first kappa shape index (κ1) is 17.3. The van der Waals surface area contributed by atoms with Crippen molar-refractivity contribution in [2.75, 3.05) is 5.32 Å². The lowest BCUT2D eigenvalue weighted by Gasteiger charge is -2.10. The van der Waals surface area contributed by atoms with Gasteiger partial charge in [-0.3, -0.25) is 4.79 Å². The van der Waals surface area contributed by atoms with E-state index in [0.29, 0.717) is 22.3 Å². The van der Waals surface area contributed by atoms with Gasteiger partial charge in [-0.2, -0.15) is 5.10 Å². The average molecular weight is 381 g/mol. The van der Waals surface area contributed by atoms with Crippen molar-refractivity contribution in [1.82, 2.24) is 19.7 Å². The number of rotatable bonds is 4. The Labute approximate surface area is 158 Å². The van der Waals surface area contributed by atoms with Crippen LogP contribution in [0.15, 0.2) is 48.1 Å². The minimum Gasteiger partial charge on any atom is -0.307 e. The van der Waals surface area contributed by atoms with Gasteiger partial charge in [-0.05, 0) is 43.5 Å². The average Bonchev–Trinajstić information content (AvgIpc) is 3.32. The lowest BCUT2D eigenvalue weighted by Crippen LogP contribution is -2.14. The number of amides is 1. The highest BCUT2D eigenvalue weighted by atomic mass is 32.1. The van der Waals surface area contributed by atoms with Crippen LogP contribution in [0.2, 0.25) is 0 Å². The van der Waals surface area contributed by atoms with E-state index in [2.05, 4.69) is 15.4 Å². The van der Waals surface area contributed by atoms with Crippen molar-refractivity contribution in [2.45, 2.75) is 19.9 Å². The predicted molar refractivity (Wildman–Crippen MR) is 103 cm³/mol. The number of aromatic nitrogens is 4. The second kappa shape index (κ2) is 6.88. The van der Waals surface area contributed by atoms with Gasteiger partial charge in [-0.15, -0.1) is 11.3 Å². The van der Waals surface area contributed by atoms with E-state index < -0.39 is 5.82 Å². The molecule has 0 saturated heterocycles. The normalized spacial score (nSPS) is 11.3. The molecule has 4 aromatic rings. The number of anilines is 1. The second-order valence-corrected chi connectivity index (χ2v) is 7.22. The molecule has 4 aromatic heterocycles. The van der Waals surface area contributed by atoms with E-state index in [1.54, 1.807) is 28.3 Å². The summed E-state index contributed by atoms with van der Waals surface area (Å²) in [5, 5.41) is 9.72. The minimum absolute atomic E-state index is 0.100. The lowest BCUT2D eigenvalue weighted by molar-refractivity contribution is 0.102. The van der Waals surface area contributed by atoms with E-state index in [-0.39, 0.29) is 17.8 Å². The van der Waals surface area contributed by atoms with Crippen LogP contribution in [0.25, 0.3) is 21.6 Å². The van der Waals surface area contributed by atoms with Gasteiger partial charge in [-0.1, -0.05) is 6.07 Å². The summed E-state index contributed by atoms with van der Waals surface area (Å²) < 4.78 is 14.8. The monoisotopic (exact) mass is 381 g/mol. The first-order valence-corrected chi connectivity index (χ1v) is 9.26. The maximum atomic E-state index is 13.1. The van der Waals surface area contributed by atoms with E-state index in [4.69, 9.17) is 4.98 Å². The number of hydrogen-bond acceptors (Lipinski definition) is 5. The first-order valence-electron chi connectivity index (χ1n) is 8.38. The molecule has 27 heavy (non-hydrogen) atoms. The van der Waals surface area contributed by atoms with Gasteiger partial charge in [-0.25, -0.2) is 19.0 Å². The van der Waals surface area contributed by atoms with Gasteiger partial charge in [0.2, 0.25) is 0 Å². The molecule has 0 radical (unpaired) electrons. The Balaban J connectivity index is 1.82. The highest BCUT2D eigenvalue weighted by molar-refractivity contribution is 7.13. The minimum atomic E-state index is -0.461. The van der Waals surface area contributed by atoms with Crippen LogP contribution in [0.4, 0.5) is 10.2 Å². The summed E-state index contributed by atoms with van der Waals surface area (Å²) in [4.78, 5) is 22.5. The second-order valence-electron chi connectivity index (χ2n) is 6.27. The molecular weight excluding hydrogens is 365 g/mol. The van der Waals surface area contributed by atoms with Crippen LogP contribution >= 0.6 is 11.3 Å². The first-order chi connectivity index (χ1) is 13.0. The summed E-state index contributed by atoms with van der Waals surface area (Å²) in [5.74, 6) is -0.527. The predicted octanol–water partition coefficient (Wildman–Crippen LogP) is 4.53. The zero-order valence-corrected chi connectivity index (χ0v) is 15.5. The van der Waals surface area contributed by atoms with E-state index >= 15 is 0 Å². The Kier molecular flexibility index (Phi) is 4.41. The van der Waals surface area contributed by atoms with Crippen molar-refractivity contribution >= 4 is 34.1 Å². The number of thiophene rings is 1. The SMILES string of the molecule is CC(C)n1ncc2c(C(=O)Nc3ccc(F)cn3)cc(-c3cccs3)nc21. The molecule has 136 valence electrons. The molecule has 0 atom stereocenters. The van der Waals surface area contributed by atoms with Crippen molar-refractivity contribution in [2.24, 2.45) is 0 Å². The van der Waals surface area contributed by atoms with Gasteiger partial charge in [0.1, 0.15) is 11.6 Å². The summed E-state index contributed by atoms with van der Waals surface area (Å²) in [6.07, 6.45) is 2.71. The van der Waals surface area contributed by atoms with Crippen LogP contribution in [-0.2, 0) is 0 Å². The van der Waals surface area contributed by atoms with Gasteiger partial charge in [0, 0.05) is 6.04 Å². The molecule has 0 bridgehead atoms. The van der Waals surface area contributed by atoms with Gasteiger partial charge < -0.3 is 5.32 Å². The number of carbonyl (C=O) groups is 1. The zero-order valence-electron chi connectivity index (χ0n) is 14.7. The third kappa shape index (κ3) is 3.31. The number of hydrogen-bond donors (Lipinski definition) is 1. The molecule has 4 heterocycles. The molecule has 0 aromatic carbocycles. The molecule has 0 saturated carbocycles. The highest BCUT2D eigenvalue weighted by Gasteiger charge is 2.19. The third-order valence-corrected chi connectivity index (χ3v) is 4.94. The summed E-state index contributed by atoms with van der Waals surface area (Å²) in [5.41, 5.74) is 1.80. The maximum Gasteiger partial charge on any atom is 0.257 e. The molecule has 0 aliphatic heterocycles.